The molecule has 3 rings (SSSR count). The van der Waals surface area contributed by atoms with Crippen molar-refractivity contribution in [3.63, 3.8) is 0 Å². The zero-order chi connectivity index (χ0) is 16.4. The average Bonchev–Trinajstić information content (AvgIpc) is 2.91. The molecule has 0 saturated carbocycles. The maximum absolute atomic E-state index is 12.3. The van der Waals surface area contributed by atoms with Crippen LogP contribution in [0.1, 0.15) is 10.6 Å². The lowest BCUT2D eigenvalue weighted by Crippen LogP contribution is -2.25. The van der Waals surface area contributed by atoms with Crippen LogP contribution in [0, 0.1) is 12.3 Å². The van der Waals surface area contributed by atoms with Gasteiger partial charge in [-0.05, 0) is 30.3 Å². The first-order valence-electron chi connectivity index (χ1n) is 6.75. The summed E-state index contributed by atoms with van der Waals surface area (Å²) in [7, 11) is 0. The number of hydrogen-bond acceptors (Lipinski definition) is 2. The van der Waals surface area contributed by atoms with Crippen molar-refractivity contribution in [3.05, 3.63) is 58.5 Å². The molecule has 0 bridgehead atoms. The van der Waals surface area contributed by atoms with Crippen LogP contribution < -0.4 is 5.32 Å². The highest BCUT2D eigenvalue weighted by Gasteiger charge is 2.18. The van der Waals surface area contributed by atoms with E-state index in [0.717, 1.165) is 11.1 Å². The van der Waals surface area contributed by atoms with Crippen molar-refractivity contribution in [2.45, 2.75) is 0 Å². The largest absolute Gasteiger partial charge is 0.338 e. The Morgan fingerprint density at radius 1 is 1.26 bits per heavy atom. The Kier molecular flexibility index (Phi) is 4.24. The van der Waals surface area contributed by atoms with E-state index >= 15 is 0 Å². The first-order chi connectivity index (χ1) is 11.1. The number of pyridine rings is 1. The van der Waals surface area contributed by atoms with E-state index in [1.54, 1.807) is 28.8 Å². The second-order valence-corrected chi connectivity index (χ2v) is 5.66. The first-order valence-corrected chi connectivity index (χ1v) is 7.51. The minimum Gasteiger partial charge on any atom is -0.338 e. The Morgan fingerprint density at radius 3 is 2.70 bits per heavy atom. The standard InChI is InChI=1S/C17H11Cl2N3O/c1-2-6-20-17(23)16-21-15(14-5-3-4-7-22(14)16)11-8-12(18)10-13(19)9-11/h1,3-5,7-10H,6H2,(H,20,23). The van der Waals surface area contributed by atoms with Gasteiger partial charge >= 0.3 is 0 Å². The number of halogens is 2. The smallest absolute Gasteiger partial charge is 0.288 e. The molecule has 0 aliphatic heterocycles. The van der Waals surface area contributed by atoms with Gasteiger partial charge in [-0.1, -0.05) is 35.2 Å². The molecule has 0 aliphatic rings. The predicted molar refractivity (Wildman–Crippen MR) is 91.8 cm³/mol. The number of aromatic nitrogens is 2. The fraction of sp³-hybridized carbons (Fsp3) is 0.0588. The van der Waals surface area contributed by atoms with Crippen LogP contribution in [0.5, 0.6) is 0 Å². The number of terminal acetylenes is 1. The molecule has 4 nitrogen and oxygen atoms in total. The molecule has 1 aromatic carbocycles. The normalized spacial score (nSPS) is 10.5. The quantitative estimate of drug-likeness (QED) is 0.737. The van der Waals surface area contributed by atoms with Gasteiger partial charge in [0, 0.05) is 21.8 Å². The van der Waals surface area contributed by atoms with Crippen LogP contribution in [-0.4, -0.2) is 21.8 Å². The van der Waals surface area contributed by atoms with E-state index in [-0.39, 0.29) is 18.3 Å². The third-order valence-corrected chi connectivity index (χ3v) is 3.67. The van der Waals surface area contributed by atoms with E-state index in [9.17, 15) is 4.79 Å². The van der Waals surface area contributed by atoms with Crippen molar-refractivity contribution >= 4 is 34.6 Å². The minimum absolute atomic E-state index is 0.138. The van der Waals surface area contributed by atoms with Gasteiger partial charge in [0.1, 0.15) is 0 Å². The summed E-state index contributed by atoms with van der Waals surface area (Å²) in [6.45, 7) is 0.138. The lowest BCUT2D eigenvalue weighted by atomic mass is 10.1. The molecule has 0 atom stereocenters. The van der Waals surface area contributed by atoms with E-state index in [1.807, 2.05) is 18.2 Å². The summed E-state index contributed by atoms with van der Waals surface area (Å²) in [5.74, 6) is 2.27. The van der Waals surface area contributed by atoms with Gasteiger partial charge in [0.2, 0.25) is 5.82 Å². The number of nitrogens with one attached hydrogen (secondary N) is 1. The van der Waals surface area contributed by atoms with Gasteiger partial charge in [0.25, 0.3) is 5.91 Å². The molecule has 2 heterocycles. The molecular weight excluding hydrogens is 333 g/mol. The molecule has 0 saturated heterocycles. The van der Waals surface area contributed by atoms with Gasteiger partial charge < -0.3 is 5.32 Å². The summed E-state index contributed by atoms with van der Waals surface area (Å²) in [4.78, 5) is 16.7. The lowest BCUT2D eigenvalue weighted by Gasteiger charge is -2.01. The van der Waals surface area contributed by atoms with Gasteiger partial charge in [-0.25, -0.2) is 4.98 Å². The van der Waals surface area contributed by atoms with Crippen LogP contribution in [0.3, 0.4) is 0 Å². The van der Waals surface area contributed by atoms with Gasteiger partial charge in [0.15, 0.2) is 0 Å². The number of rotatable bonds is 3. The highest BCUT2D eigenvalue weighted by molar-refractivity contribution is 6.35. The van der Waals surface area contributed by atoms with Crippen molar-refractivity contribution in [2.24, 2.45) is 0 Å². The molecule has 23 heavy (non-hydrogen) atoms. The molecule has 1 amide bonds. The zero-order valence-corrected chi connectivity index (χ0v) is 13.4. The third kappa shape index (κ3) is 3.02. The molecule has 0 radical (unpaired) electrons. The molecule has 0 aliphatic carbocycles. The first kappa shape index (κ1) is 15.4. The van der Waals surface area contributed by atoms with Crippen molar-refractivity contribution in [3.8, 4) is 23.6 Å². The summed E-state index contributed by atoms with van der Waals surface area (Å²) >= 11 is 12.1. The number of carbonyl (C=O) groups excluding carboxylic acids is 1. The summed E-state index contributed by atoms with van der Waals surface area (Å²) in [6.07, 6.45) is 6.94. The summed E-state index contributed by atoms with van der Waals surface area (Å²) in [5.41, 5.74) is 2.14. The Labute approximate surface area is 143 Å². The van der Waals surface area contributed by atoms with E-state index < -0.39 is 0 Å². The van der Waals surface area contributed by atoms with E-state index in [4.69, 9.17) is 29.6 Å². The fourth-order valence-corrected chi connectivity index (χ4v) is 2.84. The van der Waals surface area contributed by atoms with Crippen LogP contribution in [0.25, 0.3) is 16.8 Å². The maximum atomic E-state index is 12.3. The number of imidazole rings is 1. The van der Waals surface area contributed by atoms with Crippen molar-refractivity contribution in [2.75, 3.05) is 6.54 Å². The average molecular weight is 344 g/mol. The van der Waals surface area contributed by atoms with Crippen LogP contribution >= 0.6 is 23.2 Å². The van der Waals surface area contributed by atoms with Crippen molar-refractivity contribution in [1.82, 2.24) is 14.7 Å². The van der Waals surface area contributed by atoms with E-state index in [2.05, 4.69) is 16.2 Å². The molecule has 0 unspecified atom stereocenters. The zero-order valence-electron chi connectivity index (χ0n) is 11.9. The Morgan fingerprint density at radius 2 is 2.00 bits per heavy atom. The minimum atomic E-state index is -0.344. The van der Waals surface area contributed by atoms with Crippen LogP contribution in [0.2, 0.25) is 10.0 Å². The Hall–Kier alpha value is -2.48. The van der Waals surface area contributed by atoms with Gasteiger partial charge in [-0.3, -0.25) is 9.20 Å². The molecule has 6 heteroatoms. The number of hydrogen-bond donors (Lipinski definition) is 1. The molecule has 0 fully saturated rings. The predicted octanol–water partition coefficient (Wildman–Crippen LogP) is 3.67. The third-order valence-electron chi connectivity index (χ3n) is 3.24. The Balaban J connectivity index is 2.18. The highest BCUT2D eigenvalue weighted by atomic mass is 35.5. The van der Waals surface area contributed by atoms with Crippen LogP contribution in [0.4, 0.5) is 0 Å². The second-order valence-electron chi connectivity index (χ2n) is 4.78. The van der Waals surface area contributed by atoms with Crippen LogP contribution in [0.15, 0.2) is 42.6 Å². The molecule has 0 spiro atoms. The fourth-order valence-electron chi connectivity index (χ4n) is 2.31. The molecule has 114 valence electrons. The van der Waals surface area contributed by atoms with E-state index in [0.29, 0.717) is 15.7 Å². The number of nitrogens with zero attached hydrogens (tertiary/aromatic N) is 2. The summed E-state index contributed by atoms with van der Waals surface area (Å²) in [5, 5.41) is 3.62. The topological polar surface area (TPSA) is 46.4 Å². The SMILES string of the molecule is C#CCNC(=O)c1nc(-c2cc(Cl)cc(Cl)c2)c2ccccn12. The number of fused-ring (bicyclic) bond motifs is 1. The van der Waals surface area contributed by atoms with Crippen LogP contribution in [-0.2, 0) is 0 Å². The molecule has 3 aromatic rings. The van der Waals surface area contributed by atoms with Crippen molar-refractivity contribution in [1.29, 1.82) is 0 Å². The summed E-state index contributed by atoms with van der Waals surface area (Å²) < 4.78 is 1.70. The number of benzene rings is 1. The molecule has 1 N–H and O–H groups in total. The van der Waals surface area contributed by atoms with Crippen molar-refractivity contribution < 1.29 is 4.79 Å². The maximum Gasteiger partial charge on any atom is 0.288 e. The number of amides is 1. The van der Waals surface area contributed by atoms with Gasteiger partial charge in [-0.15, -0.1) is 6.42 Å². The van der Waals surface area contributed by atoms with Gasteiger partial charge in [-0.2, -0.15) is 0 Å². The Bertz CT molecular complexity index is 920. The highest BCUT2D eigenvalue weighted by Crippen LogP contribution is 2.30. The monoisotopic (exact) mass is 343 g/mol. The van der Waals surface area contributed by atoms with E-state index in [1.165, 1.54) is 0 Å². The second kappa shape index (κ2) is 6.33. The summed E-state index contributed by atoms with van der Waals surface area (Å²) in [6, 6.07) is 10.7. The molecular formula is C17H11Cl2N3O. The number of carbonyl (C=O) groups is 1. The van der Waals surface area contributed by atoms with Gasteiger partial charge in [0.05, 0.1) is 17.8 Å². The molecule has 2 aromatic heterocycles. The lowest BCUT2D eigenvalue weighted by molar-refractivity contribution is 0.0948.